The number of aromatic nitrogens is 1. The molecule has 2 heterocycles. The molecule has 0 aliphatic carbocycles. The second-order valence-corrected chi connectivity index (χ2v) is 5.22. The molecule has 0 fully saturated rings. The van der Waals surface area contributed by atoms with E-state index in [1.807, 2.05) is 13.0 Å². The molecule has 0 bridgehead atoms. The van der Waals surface area contributed by atoms with Gasteiger partial charge in [0.05, 0.1) is 17.9 Å². The Morgan fingerprint density at radius 1 is 1.27 bits per heavy atom. The Morgan fingerprint density at radius 3 is 2.73 bits per heavy atom. The van der Waals surface area contributed by atoms with Crippen molar-refractivity contribution in [1.29, 1.82) is 0 Å². The SMILES string of the molecule is Cc1cc2c(c(-c3cc(C(N)=O)c(NC(N)=O)[nH]3)c1)OCC2. The number of aromatic amines is 1. The molecule has 0 saturated carbocycles. The lowest BCUT2D eigenvalue weighted by atomic mass is 10.0. The van der Waals surface area contributed by atoms with Crippen molar-refractivity contribution in [2.45, 2.75) is 13.3 Å². The van der Waals surface area contributed by atoms with Crippen LogP contribution in [0.5, 0.6) is 5.75 Å². The monoisotopic (exact) mass is 300 g/mol. The number of primary amides is 2. The number of carbonyl (C=O) groups excluding carboxylic acids is 2. The van der Waals surface area contributed by atoms with E-state index in [1.165, 1.54) is 0 Å². The Kier molecular flexibility index (Phi) is 3.25. The molecule has 6 N–H and O–H groups in total. The molecule has 22 heavy (non-hydrogen) atoms. The highest BCUT2D eigenvalue weighted by Crippen LogP contribution is 2.38. The van der Waals surface area contributed by atoms with E-state index in [2.05, 4.69) is 16.4 Å². The van der Waals surface area contributed by atoms with Crippen LogP contribution in [0.3, 0.4) is 0 Å². The molecule has 1 aromatic carbocycles. The standard InChI is InChI=1S/C15H16N4O3/c1-7-4-8-2-3-22-12(8)9(5-7)11-6-10(13(16)20)14(18-11)19-15(17)21/h4-6,18H,2-3H2,1H3,(H2,16,20)(H3,17,19,21). The maximum atomic E-state index is 11.5. The summed E-state index contributed by atoms with van der Waals surface area (Å²) < 4.78 is 5.68. The lowest BCUT2D eigenvalue weighted by Crippen LogP contribution is -2.22. The van der Waals surface area contributed by atoms with Crippen LogP contribution in [-0.4, -0.2) is 23.5 Å². The molecule has 0 unspecified atom stereocenters. The zero-order chi connectivity index (χ0) is 15.9. The van der Waals surface area contributed by atoms with Gasteiger partial charge in [0, 0.05) is 12.0 Å². The van der Waals surface area contributed by atoms with Crippen LogP contribution >= 0.6 is 0 Å². The van der Waals surface area contributed by atoms with Crippen LogP contribution in [0.2, 0.25) is 0 Å². The van der Waals surface area contributed by atoms with Gasteiger partial charge in [-0.2, -0.15) is 0 Å². The molecule has 1 aliphatic rings. The minimum absolute atomic E-state index is 0.169. The Labute approximate surface area is 126 Å². The van der Waals surface area contributed by atoms with Crippen LogP contribution < -0.4 is 21.5 Å². The average molecular weight is 300 g/mol. The van der Waals surface area contributed by atoms with E-state index in [1.54, 1.807) is 6.07 Å². The topological polar surface area (TPSA) is 123 Å². The van der Waals surface area contributed by atoms with E-state index in [9.17, 15) is 9.59 Å². The van der Waals surface area contributed by atoms with Crippen LogP contribution in [0.25, 0.3) is 11.3 Å². The van der Waals surface area contributed by atoms with Gasteiger partial charge in [-0.3, -0.25) is 10.1 Å². The van der Waals surface area contributed by atoms with Crippen molar-refractivity contribution >= 4 is 17.8 Å². The van der Waals surface area contributed by atoms with Gasteiger partial charge in [0.1, 0.15) is 11.6 Å². The van der Waals surface area contributed by atoms with E-state index < -0.39 is 11.9 Å². The number of benzene rings is 1. The van der Waals surface area contributed by atoms with Crippen molar-refractivity contribution in [3.63, 3.8) is 0 Å². The molecule has 7 nitrogen and oxygen atoms in total. The van der Waals surface area contributed by atoms with E-state index in [4.69, 9.17) is 16.2 Å². The summed E-state index contributed by atoms with van der Waals surface area (Å²) >= 11 is 0. The smallest absolute Gasteiger partial charge is 0.317 e. The number of H-pyrrole nitrogens is 1. The highest BCUT2D eigenvalue weighted by molar-refractivity contribution is 6.03. The largest absolute Gasteiger partial charge is 0.492 e. The van der Waals surface area contributed by atoms with E-state index in [0.717, 1.165) is 28.9 Å². The summed E-state index contributed by atoms with van der Waals surface area (Å²) in [7, 11) is 0. The minimum atomic E-state index is -0.776. The summed E-state index contributed by atoms with van der Waals surface area (Å²) in [6.07, 6.45) is 0.847. The first kappa shape index (κ1) is 14.0. The number of hydrogen-bond donors (Lipinski definition) is 4. The lowest BCUT2D eigenvalue weighted by Gasteiger charge is -2.08. The van der Waals surface area contributed by atoms with Crippen molar-refractivity contribution in [2.24, 2.45) is 11.5 Å². The maximum Gasteiger partial charge on any atom is 0.317 e. The summed E-state index contributed by atoms with van der Waals surface area (Å²) in [4.78, 5) is 25.5. The molecule has 3 rings (SSSR count). The molecular weight excluding hydrogens is 284 g/mol. The third kappa shape index (κ3) is 2.37. The predicted molar refractivity (Wildman–Crippen MR) is 81.9 cm³/mol. The van der Waals surface area contributed by atoms with Crippen LogP contribution in [0.15, 0.2) is 18.2 Å². The molecule has 7 heteroatoms. The number of aryl methyl sites for hydroxylation is 1. The normalized spacial score (nSPS) is 12.6. The molecule has 0 atom stereocenters. The second-order valence-electron chi connectivity index (χ2n) is 5.22. The number of fused-ring (bicyclic) bond motifs is 1. The number of nitrogens with two attached hydrogens (primary N) is 2. The van der Waals surface area contributed by atoms with Crippen molar-refractivity contribution in [1.82, 2.24) is 4.98 Å². The fraction of sp³-hybridized carbons (Fsp3) is 0.200. The highest BCUT2D eigenvalue weighted by atomic mass is 16.5. The summed E-state index contributed by atoms with van der Waals surface area (Å²) in [6.45, 7) is 2.62. The van der Waals surface area contributed by atoms with Crippen molar-refractivity contribution < 1.29 is 14.3 Å². The van der Waals surface area contributed by atoms with Gasteiger partial charge in [0.2, 0.25) is 0 Å². The summed E-state index contributed by atoms with van der Waals surface area (Å²) in [5.74, 6) is 0.313. The number of carbonyl (C=O) groups is 2. The fourth-order valence-corrected chi connectivity index (χ4v) is 2.68. The number of anilines is 1. The van der Waals surface area contributed by atoms with Gasteiger partial charge < -0.3 is 21.2 Å². The van der Waals surface area contributed by atoms with Gasteiger partial charge in [0.15, 0.2) is 0 Å². The highest BCUT2D eigenvalue weighted by Gasteiger charge is 2.22. The number of ether oxygens (including phenoxy) is 1. The quantitative estimate of drug-likeness (QED) is 0.687. The maximum absolute atomic E-state index is 11.5. The average Bonchev–Trinajstić information content (AvgIpc) is 3.03. The molecule has 3 amide bonds. The summed E-state index contributed by atoms with van der Waals surface area (Å²) in [5.41, 5.74) is 14.3. The molecule has 114 valence electrons. The molecule has 0 saturated heterocycles. The van der Waals surface area contributed by atoms with Gasteiger partial charge in [-0.15, -0.1) is 0 Å². The number of rotatable bonds is 3. The first-order valence-corrected chi connectivity index (χ1v) is 6.81. The molecule has 0 radical (unpaired) electrons. The van der Waals surface area contributed by atoms with Crippen LogP contribution in [0.1, 0.15) is 21.5 Å². The number of urea groups is 1. The van der Waals surface area contributed by atoms with Crippen LogP contribution in [0.4, 0.5) is 10.6 Å². The van der Waals surface area contributed by atoms with Gasteiger partial charge in [-0.25, -0.2) is 4.79 Å². The third-order valence-electron chi connectivity index (χ3n) is 3.55. The Morgan fingerprint density at radius 2 is 2.05 bits per heavy atom. The first-order valence-electron chi connectivity index (χ1n) is 6.81. The van der Waals surface area contributed by atoms with Crippen LogP contribution in [0, 0.1) is 6.92 Å². The Balaban J connectivity index is 2.13. The van der Waals surface area contributed by atoms with Gasteiger partial charge in [-0.1, -0.05) is 6.07 Å². The van der Waals surface area contributed by atoms with E-state index in [0.29, 0.717) is 12.3 Å². The van der Waals surface area contributed by atoms with E-state index >= 15 is 0 Å². The van der Waals surface area contributed by atoms with Gasteiger partial charge in [0.25, 0.3) is 5.91 Å². The van der Waals surface area contributed by atoms with E-state index in [-0.39, 0.29) is 11.4 Å². The number of hydrogen-bond acceptors (Lipinski definition) is 3. The van der Waals surface area contributed by atoms with Gasteiger partial charge >= 0.3 is 6.03 Å². The number of nitrogens with one attached hydrogen (secondary N) is 2. The minimum Gasteiger partial charge on any atom is -0.492 e. The predicted octanol–water partition coefficient (Wildman–Crippen LogP) is 1.51. The second kappa shape index (κ2) is 5.10. The van der Waals surface area contributed by atoms with Crippen LogP contribution in [-0.2, 0) is 6.42 Å². The van der Waals surface area contributed by atoms with Crippen molar-refractivity contribution in [2.75, 3.05) is 11.9 Å². The first-order chi connectivity index (χ1) is 10.5. The summed E-state index contributed by atoms with van der Waals surface area (Å²) in [6, 6.07) is 4.84. The Bertz CT molecular complexity index is 779. The van der Waals surface area contributed by atoms with Crippen molar-refractivity contribution in [3.05, 3.63) is 34.9 Å². The molecule has 1 aliphatic heterocycles. The zero-order valence-electron chi connectivity index (χ0n) is 12.0. The summed E-state index contributed by atoms with van der Waals surface area (Å²) in [5, 5.41) is 2.37. The molecule has 2 aromatic rings. The molecular formula is C15H16N4O3. The fourth-order valence-electron chi connectivity index (χ4n) is 2.68. The Hall–Kier alpha value is -2.96. The lowest BCUT2D eigenvalue weighted by molar-refractivity contribution is 0.100. The number of amides is 3. The molecule has 1 aromatic heterocycles. The molecule has 0 spiro atoms. The zero-order valence-corrected chi connectivity index (χ0v) is 12.0. The van der Waals surface area contributed by atoms with Crippen molar-refractivity contribution in [3.8, 4) is 17.0 Å². The third-order valence-corrected chi connectivity index (χ3v) is 3.55. The van der Waals surface area contributed by atoms with Gasteiger partial charge in [-0.05, 0) is 30.2 Å².